The number of alkyl halides is 1. The number of carbonyl (C=O) groups is 1. The summed E-state index contributed by atoms with van der Waals surface area (Å²) in [6.45, 7) is 1.15. The van der Waals surface area contributed by atoms with Crippen LogP contribution in [0.2, 0.25) is 0 Å². The highest BCUT2D eigenvalue weighted by Gasteiger charge is 2.22. The lowest BCUT2D eigenvalue weighted by atomic mass is 9.91. The van der Waals surface area contributed by atoms with Gasteiger partial charge < -0.3 is 11.1 Å². The molecule has 134 valence electrons. The van der Waals surface area contributed by atoms with Gasteiger partial charge in [-0.2, -0.15) is 5.10 Å². The second kappa shape index (κ2) is 6.49. The summed E-state index contributed by atoms with van der Waals surface area (Å²) in [5.41, 5.74) is 7.53. The van der Waals surface area contributed by atoms with Crippen molar-refractivity contribution in [2.45, 2.75) is 18.5 Å². The van der Waals surface area contributed by atoms with Crippen molar-refractivity contribution >= 4 is 16.8 Å². The van der Waals surface area contributed by atoms with E-state index in [9.17, 15) is 13.6 Å². The Balaban J connectivity index is 1.68. The Labute approximate surface area is 148 Å². The minimum Gasteiger partial charge on any atom is -0.366 e. The number of carbonyl (C=O) groups excluding carboxylic acids is 1. The summed E-state index contributed by atoms with van der Waals surface area (Å²) >= 11 is 0. The molecular weight excluding hydrogens is 338 g/mol. The normalized spacial score (nSPS) is 20.4. The van der Waals surface area contributed by atoms with Gasteiger partial charge in [0.15, 0.2) is 0 Å². The molecule has 1 aliphatic heterocycles. The van der Waals surface area contributed by atoms with Gasteiger partial charge in [-0.15, -0.1) is 0 Å². The van der Waals surface area contributed by atoms with Gasteiger partial charge in [-0.3, -0.25) is 4.79 Å². The fourth-order valence-corrected chi connectivity index (χ4v) is 3.45. The van der Waals surface area contributed by atoms with Gasteiger partial charge in [0, 0.05) is 19.3 Å². The first kappa shape index (κ1) is 16.7. The molecule has 5 nitrogen and oxygen atoms in total. The number of benzene rings is 2. The van der Waals surface area contributed by atoms with E-state index in [4.69, 9.17) is 5.73 Å². The van der Waals surface area contributed by atoms with Crippen LogP contribution in [0.4, 0.5) is 8.78 Å². The van der Waals surface area contributed by atoms with E-state index in [1.54, 1.807) is 0 Å². The van der Waals surface area contributed by atoms with Crippen LogP contribution in [0.1, 0.15) is 28.3 Å². The van der Waals surface area contributed by atoms with Crippen molar-refractivity contribution in [2.75, 3.05) is 13.1 Å². The van der Waals surface area contributed by atoms with Gasteiger partial charge in [-0.1, -0.05) is 12.1 Å². The summed E-state index contributed by atoms with van der Waals surface area (Å²) in [4.78, 5) is 11.5. The second-order valence-corrected chi connectivity index (χ2v) is 6.57. The van der Waals surface area contributed by atoms with Gasteiger partial charge in [0.1, 0.15) is 17.5 Å². The van der Waals surface area contributed by atoms with Crippen molar-refractivity contribution in [3.8, 4) is 5.69 Å². The van der Waals surface area contributed by atoms with Crippen molar-refractivity contribution in [3.05, 3.63) is 59.5 Å². The number of aromatic nitrogens is 2. The number of fused-ring (bicyclic) bond motifs is 1. The molecule has 0 spiro atoms. The topological polar surface area (TPSA) is 72.9 Å². The Morgan fingerprint density at radius 1 is 1.19 bits per heavy atom. The zero-order valence-corrected chi connectivity index (χ0v) is 14.0. The molecule has 26 heavy (non-hydrogen) atoms. The average molecular weight is 356 g/mol. The minimum atomic E-state index is -0.833. The van der Waals surface area contributed by atoms with Gasteiger partial charge >= 0.3 is 0 Å². The average Bonchev–Trinajstić information content (AvgIpc) is 3.08. The summed E-state index contributed by atoms with van der Waals surface area (Å²) in [6, 6.07) is 10.1. The molecular formula is C19H18F2N4O. The number of primary amides is 1. The van der Waals surface area contributed by atoms with Crippen LogP contribution in [0.15, 0.2) is 42.6 Å². The van der Waals surface area contributed by atoms with Crippen molar-refractivity contribution in [1.82, 2.24) is 15.1 Å². The van der Waals surface area contributed by atoms with Crippen LogP contribution in [0.5, 0.6) is 0 Å². The molecule has 2 aromatic carbocycles. The third kappa shape index (κ3) is 2.94. The smallest absolute Gasteiger partial charge is 0.250 e. The highest BCUT2D eigenvalue weighted by atomic mass is 19.1. The van der Waals surface area contributed by atoms with E-state index in [2.05, 4.69) is 10.4 Å². The molecule has 1 aliphatic rings. The fourth-order valence-electron chi connectivity index (χ4n) is 3.45. The molecule has 0 aliphatic carbocycles. The maximum Gasteiger partial charge on any atom is 0.250 e. The van der Waals surface area contributed by atoms with Crippen molar-refractivity contribution in [1.29, 1.82) is 0 Å². The van der Waals surface area contributed by atoms with Crippen LogP contribution < -0.4 is 11.1 Å². The Kier molecular flexibility index (Phi) is 4.16. The number of nitrogens with one attached hydrogen (secondary N) is 1. The summed E-state index contributed by atoms with van der Waals surface area (Å²) in [7, 11) is 0. The minimum absolute atomic E-state index is 0.128. The summed E-state index contributed by atoms with van der Waals surface area (Å²) in [6.07, 6.45) is 1.21. The number of rotatable bonds is 3. The van der Waals surface area contributed by atoms with E-state index in [0.717, 1.165) is 17.8 Å². The molecule has 2 heterocycles. The lowest BCUT2D eigenvalue weighted by molar-refractivity contribution is 0.100. The van der Waals surface area contributed by atoms with Gasteiger partial charge in [-0.25, -0.2) is 13.5 Å². The predicted molar refractivity (Wildman–Crippen MR) is 94.7 cm³/mol. The lowest BCUT2D eigenvalue weighted by Gasteiger charge is -2.26. The molecule has 1 fully saturated rings. The van der Waals surface area contributed by atoms with Crippen molar-refractivity contribution in [2.24, 2.45) is 5.73 Å². The van der Waals surface area contributed by atoms with Gasteiger partial charge in [0.2, 0.25) is 0 Å². The molecule has 1 amide bonds. The van der Waals surface area contributed by atoms with Gasteiger partial charge in [-0.05, 0) is 42.2 Å². The Morgan fingerprint density at radius 3 is 2.65 bits per heavy atom. The van der Waals surface area contributed by atoms with Gasteiger partial charge in [0.05, 0.1) is 16.6 Å². The number of hydrogen-bond donors (Lipinski definition) is 2. The number of halogens is 2. The quantitative estimate of drug-likeness (QED) is 0.758. The highest BCUT2D eigenvalue weighted by molar-refractivity contribution is 6.04. The first-order valence-electron chi connectivity index (χ1n) is 8.45. The standard InChI is InChI=1S/C19H18F2N4O/c20-13-7-12(8-23-9-13)11-1-3-14(4-2-11)25-10-16-17(21)6-5-15(19(22)26)18(16)24-25/h1-6,10,12-13,23H,7-9H2,(H2,22,26)/t12-,13+/m1/s1. The van der Waals surface area contributed by atoms with E-state index in [0.29, 0.717) is 13.0 Å². The SMILES string of the molecule is NC(=O)c1ccc(F)c2cn(-c3ccc([C@H]4CNC[C@@H](F)C4)cc3)nc12. The summed E-state index contributed by atoms with van der Waals surface area (Å²) in [5, 5.41) is 7.65. The maximum atomic E-state index is 14.1. The van der Waals surface area contributed by atoms with E-state index in [-0.39, 0.29) is 22.4 Å². The molecule has 0 bridgehead atoms. The van der Waals surface area contributed by atoms with Crippen LogP contribution in [-0.2, 0) is 0 Å². The maximum absolute atomic E-state index is 14.1. The number of piperidine rings is 1. The third-order valence-corrected chi connectivity index (χ3v) is 4.81. The summed E-state index contributed by atoms with van der Waals surface area (Å²) in [5.74, 6) is -0.986. The predicted octanol–water partition coefficient (Wildman–Crippen LogP) is 2.68. The van der Waals surface area contributed by atoms with Crippen molar-refractivity contribution < 1.29 is 13.6 Å². The third-order valence-electron chi connectivity index (χ3n) is 4.81. The largest absolute Gasteiger partial charge is 0.366 e. The zero-order chi connectivity index (χ0) is 18.3. The Morgan fingerprint density at radius 2 is 1.96 bits per heavy atom. The molecule has 1 aromatic heterocycles. The van der Waals surface area contributed by atoms with Crippen LogP contribution in [0.3, 0.4) is 0 Å². The summed E-state index contributed by atoms with van der Waals surface area (Å²) < 4.78 is 29.1. The van der Waals surface area contributed by atoms with Crippen molar-refractivity contribution in [3.63, 3.8) is 0 Å². The molecule has 4 rings (SSSR count). The van der Waals surface area contributed by atoms with E-state index in [1.165, 1.54) is 23.0 Å². The number of hydrogen-bond acceptors (Lipinski definition) is 3. The van der Waals surface area contributed by atoms with Crippen LogP contribution in [0, 0.1) is 5.82 Å². The molecule has 2 atom stereocenters. The Hall–Kier alpha value is -2.80. The lowest BCUT2D eigenvalue weighted by Crippen LogP contribution is -2.36. The van der Waals surface area contributed by atoms with E-state index < -0.39 is 17.9 Å². The molecule has 1 saturated heterocycles. The van der Waals surface area contributed by atoms with Crippen LogP contribution in [-0.4, -0.2) is 34.9 Å². The van der Waals surface area contributed by atoms with Gasteiger partial charge in [0.25, 0.3) is 5.91 Å². The monoisotopic (exact) mass is 356 g/mol. The number of nitrogens with zero attached hydrogens (tertiary/aromatic N) is 2. The molecule has 0 unspecified atom stereocenters. The first-order chi connectivity index (χ1) is 12.5. The molecule has 0 radical (unpaired) electrons. The van der Waals surface area contributed by atoms with E-state index >= 15 is 0 Å². The number of nitrogens with two attached hydrogens (primary N) is 1. The van der Waals surface area contributed by atoms with Crippen LogP contribution >= 0.6 is 0 Å². The second-order valence-electron chi connectivity index (χ2n) is 6.57. The fraction of sp³-hybridized carbons (Fsp3) is 0.263. The Bertz CT molecular complexity index is 968. The molecule has 7 heteroatoms. The van der Waals surface area contributed by atoms with Crippen LogP contribution in [0.25, 0.3) is 16.6 Å². The number of amides is 1. The molecule has 0 saturated carbocycles. The molecule has 3 aromatic rings. The highest BCUT2D eigenvalue weighted by Crippen LogP contribution is 2.27. The van der Waals surface area contributed by atoms with E-state index in [1.807, 2.05) is 24.3 Å². The zero-order valence-electron chi connectivity index (χ0n) is 14.0. The first-order valence-corrected chi connectivity index (χ1v) is 8.45. The molecule has 3 N–H and O–H groups in total.